The van der Waals surface area contributed by atoms with Gasteiger partial charge in [-0.2, -0.15) is 0 Å². The molecular formula is C13H26N2. The van der Waals surface area contributed by atoms with Crippen LogP contribution in [0, 0.1) is 0 Å². The molecule has 2 heterocycles. The summed E-state index contributed by atoms with van der Waals surface area (Å²) in [4.78, 5) is 5.33. The fourth-order valence-electron chi connectivity index (χ4n) is 3.02. The number of nitrogens with zero attached hydrogens (tertiary/aromatic N) is 2. The van der Waals surface area contributed by atoms with Crippen molar-refractivity contribution in [3.05, 3.63) is 0 Å². The van der Waals surface area contributed by atoms with Gasteiger partial charge in [0.25, 0.3) is 0 Å². The second-order valence-corrected chi connectivity index (χ2v) is 5.81. The first-order chi connectivity index (χ1) is 7.18. The lowest BCUT2D eigenvalue weighted by molar-refractivity contribution is 0.135. The second-order valence-electron chi connectivity index (χ2n) is 5.81. The molecule has 2 fully saturated rings. The predicted molar refractivity (Wildman–Crippen MR) is 65.2 cm³/mol. The van der Waals surface area contributed by atoms with Gasteiger partial charge in [0.2, 0.25) is 0 Å². The number of hydrogen-bond acceptors (Lipinski definition) is 2. The van der Waals surface area contributed by atoms with Gasteiger partial charge in [0.05, 0.1) is 0 Å². The van der Waals surface area contributed by atoms with Crippen LogP contribution in [-0.4, -0.2) is 48.1 Å². The van der Waals surface area contributed by atoms with Gasteiger partial charge in [-0.1, -0.05) is 6.42 Å². The highest BCUT2D eigenvalue weighted by Gasteiger charge is 2.31. The quantitative estimate of drug-likeness (QED) is 0.705. The average Bonchev–Trinajstić information content (AvgIpc) is 2.56. The molecule has 0 saturated carbocycles. The first-order valence-corrected chi connectivity index (χ1v) is 6.66. The monoisotopic (exact) mass is 210 g/mol. The molecule has 2 heteroatoms. The maximum absolute atomic E-state index is 2.68. The van der Waals surface area contributed by atoms with E-state index >= 15 is 0 Å². The van der Waals surface area contributed by atoms with Gasteiger partial charge in [-0.3, -0.25) is 4.90 Å². The Morgan fingerprint density at radius 2 is 1.60 bits per heavy atom. The molecule has 0 spiro atoms. The van der Waals surface area contributed by atoms with Crippen LogP contribution in [0.15, 0.2) is 0 Å². The fourth-order valence-corrected chi connectivity index (χ4v) is 3.02. The molecule has 0 atom stereocenters. The Morgan fingerprint density at radius 3 is 2.20 bits per heavy atom. The van der Waals surface area contributed by atoms with Crippen LogP contribution in [0.25, 0.3) is 0 Å². The van der Waals surface area contributed by atoms with Crippen molar-refractivity contribution in [3.63, 3.8) is 0 Å². The van der Waals surface area contributed by atoms with E-state index in [0.717, 1.165) is 0 Å². The molecule has 0 radical (unpaired) electrons. The van der Waals surface area contributed by atoms with E-state index in [0.29, 0.717) is 5.54 Å². The molecule has 88 valence electrons. The van der Waals surface area contributed by atoms with Crippen LogP contribution in [-0.2, 0) is 0 Å². The molecule has 0 aliphatic carbocycles. The van der Waals surface area contributed by atoms with E-state index in [1.54, 1.807) is 0 Å². The molecule has 0 N–H and O–H groups in total. The molecule has 0 bridgehead atoms. The van der Waals surface area contributed by atoms with E-state index in [1.807, 2.05) is 0 Å². The van der Waals surface area contributed by atoms with E-state index in [-0.39, 0.29) is 0 Å². The number of likely N-dealkylation sites (tertiary alicyclic amines) is 2. The topological polar surface area (TPSA) is 6.48 Å². The maximum Gasteiger partial charge on any atom is 0.0154 e. The summed E-state index contributed by atoms with van der Waals surface area (Å²) in [5, 5.41) is 0. The second kappa shape index (κ2) is 4.84. The van der Waals surface area contributed by atoms with Gasteiger partial charge >= 0.3 is 0 Å². The van der Waals surface area contributed by atoms with Crippen LogP contribution >= 0.6 is 0 Å². The third-order valence-electron chi connectivity index (χ3n) is 4.21. The van der Waals surface area contributed by atoms with Crippen LogP contribution in [0.3, 0.4) is 0 Å². The highest BCUT2D eigenvalue weighted by Crippen LogP contribution is 2.27. The van der Waals surface area contributed by atoms with Crippen LogP contribution in [0.1, 0.15) is 46.0 Å². The first kappa shape index (κ1) is 11.4. The molecule has 2 nitrogen and oxygen atoms in total. The Hall–Kier alpha value is -0.0800. The van der Waals surface area contributed by atoms with Crippen molar-refractivity contribution in [3.8, 4) is 0 Å². The third kappa shape index (κ3) is 2.94. The van der Waals surface area contributed by atoms with Gasteiger partial charge in [-0.05, 0) is 59.2 Å². The molecule has 2 aliphatic heterocycles. The number of rotatable bonds is 3. The Labute approximate surface area is 94.6 Å². The van der Waals surface area contributed by atoms with Crippen molar-refractivity contribution in [2.24, 2.45) is 0 Å². The van der Waals surface area contributed by atoms with Gasteiger partial charge in [0, 0.05) is 18.6 Å². The summed E-state index contributed by atoms with van der Waals surface area (Å²) in [6.45, 7) is 11.4. The molecule has 0 aromatic heterocycles. The van der Waals surface area contributed by atoms with E-state index < -0.39 is 0 Å². The molecule has 15 heavy (non-hydrogen) atoms. The molecular weight excluding hydrogens is 184 g/mol. The maximum atomic E-state index is 2.68. The van der Waals surface area contributed by atoms with E-state index in [1.165, 1.54) is 64.8 Å². The van der Waals surface area contributed by atoms with Gasteiger partial charge in [0.1, 0.15) is 0 Å². The van der Waals surface area contributed by atoms with Crippen molar-refractivity contribution >= 4 is 0 Å². The lowest BCUT2D eigenvalue weighted by Crippen LogP contribution is -2.44. The normalized spacial score (nSPS) is 28.4. The summed E-state index contributed by atoms with van der Waals surface area (Å²) in [5.74, 6) is 0. The lowest BCUT2D eigenvalue weighted by atomic mass is 10.0. The van der Waals surface area contributed by atoms with Gasteiger partial charge in [0.15, 0.2) is 0 Å². The highest BCUT2D eigenvalue weighted by molar-refractivity contribution is 4.88. The Kier molecular flexibility index (Phi) is 3.68. The largest absolute Gasteiger partial charge is 0.302 e. The fraction of sp³-hybridized carbons (Fsp3) is 1.00. The Balaban J connectivity index is 1.72. The predicted octanol–water partition coefficient (Wildman–Crippen LogP) is 2.35. The van der Waals surface area contributed by atoms with Crippen LogP contribution in [0.2, 0.25) is 0 Å². The SMILES string of the molecule is CC1(C)CCCN1CCN1CCCCC1. The summed E-state index contributed by atoms with van der Waals surface area (Å²) in [6, 6.07) is 0. The zero-order valence-electron chi connectivity index (χ0n) is 10.5. The lowest BCUT2D eigenvalue weighted by Gasteiger charge is -2.34. The van der Waals surface area contributed by atoms with E-state index in [9.17, 15) is 0 Å². The summed E-state index contributed by atoms with van der Waals surface area (Å²) in [6.07, 6.45) is 7.07. The number of piperidine rings is 1. The highest BCUT2D eigenvalue weighted by atomic mass is 15.2. The smallest absolute Gasteiger partial charge is 0.0154 e. The summed E-state index contributed by atoms with van der Waals surface area (Å²) >= 11 is 0. The Bertz CT molecular complexity index is 195. The summed E-state index contributed by atoms with van der Waals surface area (Å²) < 4.78 is 0. The third-order valence-corrected chi connectivity index (χ3v) is 4.21. The zero-order chi connectivity index (χ0) is 10.7. The van der Waals surface area contributed by atoms with Crippen molar-refractivity contribution in [1.29, 1.82) is 0 Å². The zero-order valence-corrected chi connectivity index (χ0v) is 10.5. The minimum absolute atomic E-state index is 0.468. The van der Waals surface area contributed by atoms with Crippen LogP contribution in [0.4, 0.5) is 0 Å². The standard InChI is InChI=1S/C13H26N2/c1-13(2)7-6-10-15(13)12-11-14-8-4-3-5-9-14/h3-12H2,1-2H3. The van der Waals surface area contributed by atoms with Crippen molar-refractivity contribution in [2.45, 2.75) is 51.5 Å². The van der Waals surface area contributed by atoms with E-state index in [4.69, 9.17) is 0 Å². The molecule has 2 saturated heterocycles. The van der Waals surface area contributed by atoms with Crippen molar-refractivity contribution < 1.29 is 0 Å². The van der Waals surface area contributed by atoms with Crippen LogP contribution < -0.4 is 0 Å². The number of hydrogen-bond donors (Lipinski definition) is 0. The summed E-state index contributed by atoms with van der Waals surface area (Å²) in [7, 11) is 0. The van der Waals surface area contributed by atoms with E-state index in [2.05, 4.69) is 23.6 Å². The molecule has 0 amide bonds. The van der Waals surface area contributed by atoms with Crippen molar-refractivity contribution in [1.82, 2.24) is 9.80 Å². The minimum atomic E-state index is 0.468. The van der Waals surface area contributed by atoms with Crippen LogP contribution in [0.5, 0.6) is 0 Å². The molecule has 0 aromatic carbocycles. The summed E-state index contributed by atoms with van der Waals surface area (Å²) in [5.41, 5.74) is 0.468. The first-order valence-electron chi connectivity index (χ1n) is 6.66. The molecule has 0 unspecified atom stereocenters. The van der Waals surface area contributed by atoms with Gasteiger partial charge in [-0.15, -0.1) is 0 Å². The van der Waals surface area contributed by atoms with Crippen molar-refractivity contribution in [2.75, 3.05) is 32.7 Å². The molecule has 2 aliphatic rings. The molecule has 2 rings (SSSR count). The van der Waals surface area contributed by atoms with Gasteiger partial charge in [-0.25, -0.2) is 0 Å². The minimum Gasteiger partial charge on any atom is -0.302 e. The Morgan fingerprint density at radius 1 is 0.867 bits per heavy atom. The average molecular weight is 210 g/mol. The van der Waals surface area contributed by atoms with Gasteiger partial charge < -0.3 is 4.90 Å². The molecule has 0 aromatic rings.